The molecule has 68 heavy (non-hydrogen) atoms. The van der Waals surface area contributed by atoms with E-state index in [0.717, 1.165) is 87.0 Å². The van der Waals surface area contributed by atoms with Crippen molar-refractivity contribution < 1.29 is 35.1 Å². The van der Waals surface area contributed by atoms with E-state index < -0.39 is 35.1 Å². The van der Waals surface area contributed by atoms with Crippen LogP contribution in [0.15, 0.2) is 97.3 Å². The van der Waals surface area contributed by atoms with Crippen molar-refractivity contribution >= 4 is 34.0 Å². The minimum absolute atomic E-state index is 0.132. The molecule has 0 unspecified atom stereocenters. The number of benzene rings is 4. The zero-order valence-electron chi connectivity index (χ0n) is 36.9. The average Bonchev–Trinajstić information content (AvgIpc) is 3.88. The van der Waals surface area contributed by atoms with Crippen LogP contribution in [-0.4, -0.2) is 64.2 Å². The first-order chi connectivity index (χ1) is 32.6. The number of aromatic nitrogens is 8. The first kappa shape index (κ1) is 46.1. The molecule has 5 heterocycles. The van der Waals surface area contributed by atoms with Crippen molar-refractivity contribution in [3.05, 3.63) is 131 Å². The molecule has 2 fully saturated rings. The summed E-state index contributed by atoms with van der Waals surface area (Å²) in [4.78, 5) is 27.1. The number of hydrogen-bond donors (Lipinski definition) is 3. The molecular formula is C49H45F8N11. The van der Waals surface area contributed by atoms with E-state index in [9.17, 15) is 35.1 Å². The van der Waals surface area contributed by atoms with E-state index >= 15 is 0 Å². The van der Waals surface area contributed by atoms with Gasteiger partial charge in [0, 0.05) is 42.1 Å². The summed E-state index contributed by atoms with van der Waals surface area (Å²) in [5.74, 6) is -0.387. The van der Waals surface area contributed by atoms with Gasteiger partial charge in [0.15, 0.2) is 0 Å². The Hall–Kier alpha value is -7.02. The van der Waals surface area contributed by atoms with Crippen LogP contribution in [0.2, 0.25) is 0 Å². The molecule has 1 atom stereocenters. The zero-order valence-corrected chi connectivity index (χ0v) is 36.9. The standard InChI is InChI=1S/C25H23F4N5.C24H22F4N6/c1-15-7-10-20-21(13-15)34(22-11-12-30-24(33-22)31-17-5-3-2-4-6-17)23(32-20)16-8-9-19(26)18(14-16)25(27,28)29;1-14-4-7-19-20(11-14)34(21-8-10-30-23(33-21)31-16-3-2-9-29-13-16)22(32-19)15-5-6-18(25)17(12-15)24(26,27)28/h7-14,17H,2-6H2,1H3,(H,30,31,33);4-8,10-12,16,29H,2-3,9,13H2,1H3,(H,30,31,33)/t;16-/m.0/s1. The Morgan fingerprint density at radius 3 is 1.47 bits per heavy atom. The number of imidazole rings is 2. The van der Waals surface area contributed by atoms with E-state index in [4.69, 9.17) is 0 Å². The molecule has 1 aliphatic heterocycles. The maximum atomic E-state index is 14.0. The number of nitrogens with one attached hydrogen (secondary N) is 3. The van der Waals surface area contributed by atoms with Gasteiger partial charge in [0.25, 0.3) is 0 Å². The van der Waals surface area contributed by atoms with Crippen molar-refractivity contribution in [1.29, 1.82) is 0 Å². The van der Waals surface area contributed by atoms with E-state index in [0.29, 0.717) is 45.6 Å². The number of fused-ring (bicyclic) bond motifs is 2. The molecular weight excluding hydrogens is 895 g/mol. The predicted octanol–water partition coefficient (Wildman–Crippen LogP) is 11.8. The fourth-order valence-corrected chi connectivity index (χ4v) is 8.66. The molecule has 1 aliphatic carbocycles. The summed E-state index contributed by atoms with van der Waals surface area (Å²) in [6, 6.07) is 20.8. The van der Waals surface area contributed by atoms with E-state index in [2.05, 4.69) is 45.9 Å². The number of hydrogen-bond acceptors (Lipinski definition) is 9. The summed E-state index contributed by atoms with van der Waals surface area (Å²) in [6.45, 7) is 5.60. The second kappa shape index (κ2) is 18.9. The van der Waals surface area contributed by atoms with E-state index in [-0.39, 0.29) is 34.9 Å². The number of anilines is 2. The lowest BCUT2D eigenvalue weighted by Crippen LogP contribution is -2.38. The van der Waals surface area contributed by atoms with Gasteiger partial charge in [-0.05, 0) is 130 Å². The number of alkyl halides is 6. The Kier molecular flexibility index (Phi) is 12.8. The highest BCUT2D eigenvalue weighted by atomic mass is 19.4. The third-order valence-corrected chi connectivity index (χ3v) is 12.0. The molecule has 0 amide bonds. The summed E-state index contributed by atoms with van der Waals surface area (Å²) >= 11 is 0. The van der Waals surface area contributed by atoms with Gasteiger partial charge in [-0.15, -0.1) is 0 Å². The van der Waals surface area contributed by atoms with Gasteiger partial charge >= 0.3 is 12.4 Å². The van der Waals surface area contributed by atoms with Crippen molar-refractivity contribution in [3.8, 4) is 34.4 Å². The van der Waals surface area contributed by atoms with Crippen LogP contribution >= 0.6 is 0 Å². The smallest absolute Gasteiger partial charge is 0.351 e. The van der Waals surface area contributed by atoms with Crippen LogP contribution in [0.3, 0.4) is 0 Å². The Morgan fingerprint density at radius 1 is 0.544 bits per heavy atom. The topological polar surface area (TPSA) is 123 Å². The number of rotatable bonds is 8. The highest BCUT2D eigenvalue weighted by Crippen LogP contribution is 2.38. The summed E-state index contributed by atoms with van der Waals surface area (Å²) < 4.78 is 112. The highest BCUT2D eigenvalue weighted by Gasteiger charge is 2.36. The quantitative estimate of drug-likeness (QED) is 0.128. The maximum absolute atomic E-state index is 14.0. The Balaban J connectivity index is 0.000000170. The second-order valence-electron chi connectivity index (χ2n) is 17.1. The molecule has 352 valence electrons. The molecule has 4 aromatic carbocycles. The van der Waals surface area contributed by atoms with E-state index in [1.54, 1.807) is 45.8 Å². The molecule has 3 N–H and O–H groups in total. The largest absolute Gasteiger partial charge is 0.419 e. The number of nitrogens with zero attached hydrogens (tertiary/aromatic N) is 8. The lowest BCUT2D eigenvalue weighted by molar-refractivity contribution is -0.140. The normalized spacial score (nSPS) is 15.9. The molecule has 10 rings (SSSR count). The van der Waals surface area contributed by atoms with Gasteiger partial charge in [0.2, 0.25) is 11.9 Å². The van der Waals surface area contributed by atoms with Crippen LogP contribution in [0.25, 0.3) is 56.5 Å². The third-order valence-electron chi connectivity index (χ3n) is 12.0. The SMILES string of the molecule is Cc1ccc2nc(-c3ccc(F)c(C(F)(F)F)c3)n(-c3ccnc(NC4CCCCC4)n3)c2c1.Cc1ccc2nc(-c3ccc(F)c(C(F)(F)F)c3)n(-c3ccnc(N[C@H]4CCCNC4)n3)c2c1. The molecule has 8 aromatic rings. The first-order valence-electron chi connectivity index (χ1n) is 22.2. The lowest BCUT2D eigenvalue weighted by atomic mass is 9.96. The molecule has 0 bridgehead atoms. The minimum Gasteiger partial charge on any atom is -0.351 e. The lowest BCUT2D eigenvalue weighted by Gasteiger charge is -2.23. The van der Waals surface area contributed by atoms with Gasteiger partial charge in [-0.1, -0.05) is 31.4 Å². The van der Waals surface area contributed by atoms with Crippen molar-refractivity contribution in [2.75, 3.05) is 23.7 Å². The molecule has 11 nitrogen and oxygen atoms in total. The van der Waals surface area contributed by atoms with E-state index in [1.807, 2.05) is 38.1 Å². The molecule has 0 spiro atoms. The van der Waals surface area contributed by atoms with Crippen LogP contribution in [0.1, 0.15) is 67.2 Å². The van der Waals surface area contributed by atoms with Crippen molar-refractivity contribution in [2.45, 2.75) is 83.2 Å². The summed E-state index contributed by atoms with van der Waals surface area (Å²) in [7, 11) is 0. The Labute approximate surface area is 385 Å². The van der Waals surface area contributed by atoms with Gasteiger partial charge < -0.3 is 16.0 Å². The maximum Gasteiger partial charge on any atom is 0.419 e. The predicted molar refractivity (Wildman–Crippen MR) is 244 cm³/mol. The number of piperidine rings is 1. The summed E-state index contributed by atoms with van der Waals surface area (Å²) in [6.07, 6.45) is 1.20. The van der Waals surface area contributed by atoms with Crippen LogP contribution in [0.5, 0.6) is 0 Å². The Morgan fingerprint density at radius 2 is 1.01 bits per heavy atom. The van der Waals surface area contributed by atoms with Gasteiger partial charge in [-0.25, -0.2) is 28.7 Å². The summed E-state index contributed by atoms with van der Waals surface area (Å²) in [5.41, 5.74) is 2.07. The molecule has 4 aromatic heterocycles. The zero-order chi connectivity index (χ0) is 47.7. The van der Waals surface area contributed by atoms with Gasteiger partial charge in [0.1, 0.15) is 34.9 Å². The molecule has 19 heteroatoms. The third kappa shape index (κ3) is 9.98. The Bertz CT molecular complexity index is 2890. The fraction of sp³-hybridized carbons (Fsp3) is 0.306. The van der Waals surface area contributed by atoms with Crippen LogP contribution in [0, 0.1) is 25.5 Å². The average molecular weight is 940 g/mol. The van der Waals surface area contributed by atoms with Gasteiger partial charge in [-0.3, -0.25) is 9.13 Å². The summed E-state index contributed by atoms with van der Waals surface area (Å²) in [5, 5.41) is 10.0. The monoisotopic (exact) mass is 939 g/mol. The van der Waals surface area contributed by atoms with Crippen molar-refractivity contribution in [2.24, 2.45) is 0 Å². The number of aryl methyl sites for hydroxylation is 2. The van der Waals surface area contributed by atoms with Crippen molar-refractivity contribution in [3.63, 3.8) is 0 Å². The fourth-order valence-electron chi connectivity index (χ4n) is 8.66. The number of halogens is 8. The minimum atomic E-state index is -4.83. The van der Waals surface area contributed by atoms with Gasteiger partial charge in [0.05, 0.1) is 33.2 Å². The van der Waals surface area contributed by atoms with Crippen LogP contribution < -0.4 is 16.0 Å². The van der Waals surface area contributed by atoms with E-state index in [1.165, 1.54) is 18.6 Å². The molecule has 2 aliphatic rings. The molecule has 1 saturated carbocycles. The first-order valence-corrected chi connectivity index (χ1v) is 22.2. The van der Waals surface area contributed by atoms with Crippen molar-refractivity contribution in [1.82, 2.24) is 44.4 Å². The highest BCUT2D eigenvalue weighted by molar-refractivity contribution is 5.85. The van der Waals surface area contributed by atoms with Gasteiger partial charge in [-0.2, -0.15) is 36.3 Å². The molecule has 0 radical (unpaired) electrons. The van der Waals surface area contributed by atoms with Crippen LogP contribution in [-0.2, 0) is 12.4 Å². The van der Waals surface area contributed by atoms with Crippen LogP contribution in [0.4, 0.5) is 47.0 Å². The molecule has 1 saturated heterocycles. The second-order valence-corrected chi connectivity index (χ2v) is 17.1.